The third-order valence-corrected chi connectivity index (χ3v) is 4.59. The van der Waals surface area contributed by atoms with Crippen LogP contribution >= 0.6 is 11.3 Å². The number of halogens is 2. The Morgan fingerprint density at radius 1 is 0.964 bits per heavy atom. The predicted octanol–water partition coefficient (Wildman–Crippen LogP) is 4.50. The first-order valence-electron chi connectivity index (χ1n) is 8.05. The summed E-state index contributed by atoms with van der Waals surface area (Å²) in [7, 11) is 0. The largest absolute Gasteiger partial charge is 0.451 e. The third kappa shape index (κ3) is 3.94. The lowest BCUT2D eigenvalue weighted by atomic mass is 10.2. The van der Waals surface area contributed by atoms with Crippen LogP contribution in [0.25, 0.3) is 22.0 Å². The number of hydrogen-bond acceptors (Lipinski definition) is 7. The molecule has 9 heteroatoms. The predicted molar refractivity (Wildman–Crippen MR) is 96.3 cm³/mol. The van der Waals surface area contributed by atoms with Crippen molar-refractivity contribution in [3.8, 4) is 22.0 Å². The maximum atomic E-state index is 13.0. The Bertz CT molecular complexity index is 1110. The Morgan fingerprint density at radius 2 is 1.61 bits per heavy atom. The van der Waals surface area contributed by atoms with Crippen LogP contribution in [0, 0.1) is 11.6 Å². The highest BCUT2D eigenvalue weighted by Gasteiger charge is 2.16. The van der Waals surface area contributed by atoms with Crippen LogP contribution in [0.3, 0.4) is 0 Å². The van der Waals surface area contributed by atoms with Gasteiger partial charge in [-0.25, -0.2) is 18.6 Å². The van der Waals surface area contributed by atoms with E-state index < -0.39 is 5.97 Å². The van der Waals surface area contributed by atoms with Gasteiger partial charge < -0.3 is 9.26 Å². The average Bonchev–Trinajstić information content (AvgIpc) is 3.37. The molecule has 140 valence electrons. The normalized spacial score (nSPS) is 10.8. The Balaban J connectivity index is 1.40. The number of thiazole rings is 1. The number of nitrogens with zero attached hydrogens (tertiary/aromatic N) is 3. The summed E-state index contributed by atoms with van der Waals surface area (Å²) in [4.78, 5) is 20.5. The van der Waals surface area contributed by atoms with Crippen molar-refractivity contribution in [1.82, 2.24) is 15.1 Å². The number of ether oxygens (including phenoxy) is 1. The lowest BCUT2D eigenvalue weighted by molar-refractivity contribution is 0.0424. The van der Waals surface area contributed by atoms with Crippen LogP contribution in [-0.2, 0) is 11.3 Å². The van der Waals surface area contributed by atoms with Gasteiger partial charge in [0, 0.05) is 16.5 Å². The summed E-state index contributed by atoms with van der Waals surface area (Å²) in [6, 6.07) is 11.4. The highest BCUT2D eigenvalue weighted by molar-refractivity contribution is 7.13. The second kappa shape index (κ2) is 7.65. The van der Waals surface area contributed by atoms with Gasteiger partial charge >= 0.3 is 5.97 Å². The SMILES string of the molecule is O=C(OCc1nc(-c2ccc(F)cc2)no1)c1csc(-c2ccc(F)cc2)n1. The Kier molecular flexibility index (Phi) is 4.90. The monoisotopic (exact) mass is 399 g/mol. The molecular weight excluding hydrogens is 388 g/mol. The first-order chi connectivity index (χ1) is 13.6. The molecule has 0 atom stereocenters. The number of rotatable bonds is 5. The molecule has 2 aromatic carbocycles. The number of benzene rings is 2. The minimum Gasteiger partial charge on any atom is -0.451 e. The van der Waals surface area contributed by atoms with Crippen LogP contribution in [-0.4, -0.2) is 21.1 Å². The van der Waals surface area contributed by atoms with Crippen molar-refractivity contribution in [2.24, 2.45) is 0 Å². The minimum absolute atomic E-state index is 0.0988. The Labute approximate surface area is 161 Å². The van der Waals surface area contributed by atoms with Crippen molar-refractivity contribution in [2.75, 3.05) is 0 Å². The number of carbonyl (C=O) groups is 1. The van der Waals surface area contributed by atoms with Gasteiger partial charge in [-0.05, 0) is 48.5 Å². The molecule has 0 saturated carbocycles. The van der Waals surface area contributed by atoms with E-state index in [1.807, 2.05) is 0 Å². The summed E-state index contributed by atoms with van der Waals surface area (Å²) in [5.41, 5.74) is 1.40. The van der Waals surface area contributed by atoms with Gasteiger partial charge in [-0.15, -0.1) is 11.3 Å². The minimum atomic E-state index is -0.647. The van der Waals surface area contributed by atoms with Crippen LogP contribution in [0.4, 0.5) is 8.78 Å². The summed E-state index contributed by atoms with van der Waals surface area (Å²) in [6.07, 6.45) is 0. The molecule has 0 fully saturated rings. The van der Waals surface area contributed by atoms with E-state index in [9.17, 15) is 13.6 Å². The molecule has 0 aliphatic carbocycles. The zero-order valence-corrected chi connectivity index (χ0v) is 15.0. The van der Waals surface area contributed by atoms with E-state index in [1.54, 1.807) is 17.5 Å². The first-order valence-corrected chi connectivity index (χ1v) is 8.93. The maximum Gasteiger partial charge on any atom is 0.358 e. The molecule has 6 nitrogen and oxygen atoms in total. The van der Waals surface area contributed by atoms with Crippen LogP contribution in [0.5, 0.6) is 0 Å². The van der Waals surface area contributed by atoms with Crippen molar-refractivity contribution >= 4 is 17.3 Å². The van der Waals surface area contributed by atoms with E-state index in [2.05, 4.69) is 15.1 Å². The molecule has 0 spiro atoms. The number of aromatic nitrogens is 3. The fourth-order valence-electron chi connectivity index (χ4n) is 2.32. The highest BCUT2D eigenvalue weighted by Crippen LogP contribution is 2.24. The van der Waals surface area contributed by atoms with Gasteiger partial charge in [0.1, 0.15) is 16.6 Å². The summed E-state index contributed by atoms with van der Waals surface area (Å²) >= 11 is 1.24. The zero-order valence-electron chi connectivity index (χ0n) is 14.1. The average molecular weight is 399 g/mol. The van der Waals surface area contributed by atoms with E-state index in [-0.39, 0.29) is 35.7 Å². The van der Waals surface area contributed by atoms with Gasteiger partial charge in [0.15, 0.2) is 12.3 Å². The summed E-state index contributed by atoms with van der Waals surface area (Å²) < 4.78 is 36.1. The van der Waals surface area contributed by atoms with Crippen LogP contribution in [0.15, 0.2) is 58.4 Å². The van der Waals surface area contributed by atoms with Gasteiger partial charge in [0.25, 0.3) is 5.89 Å². The van der Waals surface area contributed by atoms with Gasteiger partial charge in [-0.1, -0.05) is 5.16 Å². The summed E-state index contributed by atoms with van der Waals surface area (Å²) in [5.74, 6) is -1.00. The Hall–Kier alpha value is -3.46. The molecule has 0 bridgehead atoms. The second-order valence-corrected chi connectivity index (χ2v) is 6.50. The summed E-state index contributed by atoms with van der Waals surface area (Å²) in [6.45, 7) is -0.226. The van der Waals surface area contributed by atoms with E-state index in [0.717, 1.165) is 0 Å². The zero-order chi connectivity index (χ0) is 19.5. The topological polar surface area (TPSA) is 78.1 Å². The Morgan fingerprint density at radius 3 is 2.29 bits per heavy atom. The van der Waals surface area contributed by atoms with Crippen molar-refractivity contribution in [3.05, 3.63) is 77.1 Å². The van der Waals surface area contributed by atoms with Crippen LogP contribution in [0.1, 0.15) is 16.4 Å². The second-order valence-electron chi connectivity index (χ2n) is 5.64. The lowest BCUT2D eigenvalue weighted by Crippen LogP contribution is -2.05. The van der Waals surface area contributed by atoms with Gasteiger partial charge in [-0.2, -0.15) is 4.98 Å². The molecule has 28 heavy (non-hydrogen) atoms. The number of carbonyl (C=O) groups excluding carboxylic acids is 1. The molecular formula is C19H11F2N3O3S. The standard InChI is InChI=1S/C19H11F2N3O3S/c20-13-5-1-11(2-6-13)17-23-16(27-24-17)9-26-19(25)15-10-28-18(22-15)12-3-7-14(21)8-4-12/h1-8,10H,9H2. The summed E-state index contributed by atoms with van der Waals surface area (Å²) in [5, 5.41) is 5.90. The van der Waals surface area contributed by atoms with Crippen LogP contribution < -0.4 is 0 Å². The van der Waals surface area contributed by atoms with Crippen molar-refractivity contribution in [2.45, 2.75) is 6.61 Å². The molecule has 4 aromatic rings. The molecule has 0 amide bonds. The smallest absolute Gasteiger partial charge is 0.358 e. The maximum absolute atomic E-state index is 13.0. The number of hydrogen-bond donors (Lipinski definition) is 0. The molecule has 0 aliphatic rings. The number of esters is 1. The van der Waals surface area contributed by atoms with Gasteiger partial charge in [0.05, 0.1) is 0 Å². The van der Waals surface area contributed by atoms with Crippen molar-refractivity contribution < 1.29 is 22.8 Å². The van der Waals surface area contributed by atoms with E-state index in [1.165, 1.54) is 47.7 Å². The third-order valence-electron chi connectivity index (χ3n) is 3.70. The highest BCUT2D eigenvalue weighted by atomic mass is 32.1. The molecule has 0 unspecified atom stereocenters. The quantitative estimate of drug-likeness (QED) is 0.460. The van der Waals surface area contributed by atoms with Crippen LogP contribution in [0.2, 0.25) is 0 Å². The fraction of sp³-hybridized carbons (Fsp3) is 0.0526. The molecule has 0 saturated heterocycles. The lowest BCUT2D eigenvalue weighted by Gasteiger charge is -1.98. The first kappa shape index (κ1) is 17.9. The van der Waals surface area contributed by atoms with Crippen molar-refractivity contribution in [1.29, 1.82) is 0 Å². The molecule has 4 rings (SSSR count). The van der Waals surface area contributed by atoms with Gasteiger partial charge in [0.2, 0.25) is 5.82 Å². The molecule has 0 radical (unpaired) electrons. The molecule has 2 aromatic heterocycles. The van der Waals surface area contributed by atoms with E-state index >= 15 is 0 Å². The van der Waals surface area contributed by atoms with Gasteiger partial charge in [-0.3, -0.25) is 0 Å². The molecule has 0 aliphatic heterocycles. The van der Waals surface area contributed by atoms with E-state index in [4.69, 9.17) is 9.26 Å². The molecule has 2 heterocycles. The fourth-order valence-corrected chi connectivity index (χ4v) is 3.12. The van der Waals surface area contributed by atoms with E-state index in [0.29, 0.717) is 16.1 Å². The molecule has 0 N–H and O–H groups in total. The van der Waals surface area contributed by atoms with Crippen molar-refractivity contribution in [3.63, 3.8) is 0 Å².